The number of hydrogen-bond donors (Lipinski definition) is 0. The summed E-state index contributed by atoms with van der Waals surface area (Å²) in [5.41, 5.74) is 0. The summed E-state index contributed by atoms with van der Waals surface area (Å²) >= 11 is 0. The molecule has 47 heavy (non-hydrogen) atoms. The smallest absolute Gasteiger partial charge is 0.297 e. The summed E-state index contributed by atoms with van der Waals surface area (Å²) in [7, 11) is -3.75. The van der Waals surface area contributed by atoms with E-state index in [1.54, 1.807) is 18.2 Å². The summed E-state index contributed by atoms with van der Waals surface area (Å²) in [6, 6.07) is 7.99. The van der Waals surface area contributed by atoms with Gasteiger partial charge in [0.1, 0.15) is 0 Å². The molecule has 0 aliphatic carbocycles. The van der Waals surface area contributed by atoms with E-state index in [1.807, 2.05) is 0 Å². The molecule has 0 radical (unpaired) electrons. The van der Waals surface area contributed by atoms with Gasteiger partial charge in [0.2, 0.25) is 0 Å². The molecule has 0 heterocycles. The molecule has 1 aromatic carbocycles. The molecule has 0 saturated heterocycles. The third-order valence-corrected chi connectivity index (χ3v) is 7.56. The summed E-state index contributed by atoms with van der Waals surface area (Å²) in [6.07, 6.45) is 6.25. The lowest BCUT2D eigenvalue weighted by atomic mass is 10.2. The van der Waals surface area contributed by atoms with E-state index in [-0.39, 0.29) is 18.1 Å². The summed E-state index contributed by atoms with van der Waals surface area (Å²) in [5.74, 6) is 0. The van der Waals surface area contributed by atoms with Crippen LogP contribution in [0, 0.1) is 0 Å². The molecule has 0 aliphatic rings. The van der Waals surface area contributed by atoms with E-state index in [9.17, 15) is 8.42 Å². The van der Waals surface area contributed by atoms with Crippen molar-refractivity contribution in [1.82, 2.24) is 0 Å². The van der Waals surface area contributed by atoms with Crippen LogP contribution in [0.25, 0.3) is 0 Å². The fourth-order valence-corrected chi connectivity index (χ4v) is 4.66. The summed E-state index contributed by atoms with van der Waals surface area (Å²) in [6.45, 7) is 12.0. The lowest BCUT2D eigenvalue weighted by Gasteiger charge is -2.09. The highest BCUT2D eigenvalue weighted by molar-refractivity contribution is 7.86. The summed E-state index contributed by atoms with van der Waals surface area (Å²) in [4.78, 5) is 0.123. The van der Waals surface area contributed by atoms with Crippen LogP contribution in [0.3, 0.4) is 0 Å². The van der Waals surface area contributed by atoms with E-state index < -0.39 is 10.1 Å². The van der Waals surface area contributed by atoms with Gasteiger partial charge in [-0.25, -0.2) is 0 Å². The molecule has 0 amide bonds. The molecule has 0 spiro atoms. The first-order chi connectivity index (χ1) is 23.2. The van der Waals surface area contributed by atoms with E-state index in [2.05, 4.69) is 6.92 Å². The van der Waals surface area contributed by atoms with Crippen LogP contribution in [-0.4, -0.2) is 147 Å². The number of rotatable bonds is 38. The minimum atomic E-state index is -3.75. The van der Waals surface area contributed by atoms with Crippen LogP contribution in [0.15, 0.2) is 35.2 Å². The van der Waals surface area contributed by atoms with Crippen molar-refractivity contribution in [2.24, 2.45) is 0 Å². The van der Waals surface area contributed by atoms with Gasteiger partial charge >= 0.3 is 0 Å². The first-order valence-electron chi connectivity index (χ1n) is 16.9. The van der Waals surface area contributed by atoms with Crippen molar-refractivity contribution in [1.29, 1.82) is 0 Å². The van der Waals surface area contributed by atoms with Gasteiger partial charge in [-0.1, -0.05) is 50.8 Å². The van der Waals surface area contributed by atoms with E-state index >= 15 is 0 Å². The molecule has 0 aliphatic heterocycles. The van der Waals surface area contributed by atoms with Crippen molar-refractivity contribution in [3.63, 3.8) is 0 Å². The molecule has 0 N–H and O–H groups in total. The van der Waals surface area contributed by atoms with Crippen molar-refractivity contribution in [2.75, 3.05) is 139 Å². The number of ether oxygens (including phenoxy) is 10. The molecule has 1 rings (SSSR count). The predicted octanol–water partition coefficient (Wildman–Crippen LogP) is 3.53. The Labute approximate surface area is 282 Å². The molecule has 0 atom stereocenters. The van der Waals surface area contributed by atoms with Crippen LogP contribution >= 0.6 is 0 Å². The van der Waals surface area contributed by atoms with Crippen molar-refractivity contribution >= 4 is 10.1 Å². The zero-order valence-electron chi connectivity index (χ0n) is 28.5. The SMILES string of the molecule is CCCCCCCOCCOCCOCCOCCOCCOCCOCCOCCOCCOCCOS(=O)(=O)c1ccccc1. The Kier molecular flexibility index (Phi) is 32.2. The van der Waals surface area contributed by atoms with Gasteiger partial charge in [0.25, 0.3) is 10.1 Å². The quantitative estimate of drug-likeness (QED) is 0.0738. The highest BCUT2D eigenvalue weighted by atomic mass is 32.2. The highest BCUT2D eigenvalue weighted by Gasteiger charge is 2.13. The molecule has 0 aromatic heterocycles. The first kappa shape index (κ1) is 43.8. The Morgan fingerprint density at radius 1 is 0.383 bits per heavy atom. The van der Waals surface area contributed by atoms with Crippen LogP contribution < -0.4 is 0 Å². The second kappa shape index (κ2) is 34.6. The van der Waals surface area contributed by atoms with E-state index in [0.717, 1.165) is 13.0 Å². The average molecular weight is 697 g/mol. The number of unbranched alkanes of at least 4 members (excludes halogenated alkanes) is 4. The second-order valence-corrected chi connectivity index (χ2v) is 11.7. The summed E-state index contributed by atoms with van der Waals surface area (Å²) in [5, 5.41) is 0. The lowest BCUT2D eigenvalue weighted by Crippen LogP contribution is -2.15. The molecular weight excluding hydrogens is 636 g/mol. The van der Waals surface area contributed by atoms with Gasteiger partial charge in [-0.15, -0.1) is 0 Å². The fraction of sp³-hybridized carbons (Fsp3) is 0.818. The standard InChI is InChI=1S/C33H60O13S/c1-2-3-4-5-9-12-36-13-14-37-15-16-38-17-18-39-19-20-40-21-22-41-23-24-42-25-26-43-27-28-44-29-30-45-31-32-46-47(34,35)33-10-7-6-8-11-33/h6-8,10-11H,2-5,9,12-32H2,1H3. The van der Waals surface area contributed by atoms with Gasteiger partial charge in [-0.2, -0.15) is 8.42 Å². The van der Waals surface area contributed by atoms with Gasteiger partial charge in [0, 0.05) is 6.61 Å². The van der Waals surface area contributed by atoms with Gasteiger partial charge in [-0.05, 0) is 18.6 Å². The zero-order valence-corrected chi connectivity index (χ0v) is 29.3. The van der Waals surface area contributed by atoms with Crippen LogP contribution in [-0.2, 0) is 61.7 Å². The third-order valence-electron chi connectivity index (χ3n) is 6.24. The van der Waals surface area contributed by atoms with Gasteiger partial charge in [-0.3, -0.25) is 4.18 Å². The molecule has 0 fully saturated rings. The number of benzene rings is 1. The van der Waals surface area contributed by atoms with Crippen LogP contribution in [0.5, 0.6) is 0 Å². The van der Waals surface area contributed by atoms with E-state index in [1.165, 1.54) is 37.8 Å². The Hall–Kier alpha value is -1.27. The molecule has 1 aromatic rings. The lowest BCUT2D eigenvalue weighted by molar-refractivity contribution is -0.0267. The maximum atomic E-state index is 12.0. The van der Waals surface area contributed by atoms with Crippen molar-refractivity contribution in [2.45, 2.75) is 43.9 Å². The average Bonchev–Trinajstić information content (AvgIpc) is 3.08. The molecule has 0 unspecified atom stereocenters. The van der Waals surface area contributed by atoms with Crippen LogP contribution in [0.4, 0.5) is 0 Å². The van der Waals surface area contributed by atoms with Gasteiger partial charge < -0.3 is 47.4 Å². The Balaban J connectivity index is 1.65. The first-order valence-corrected chi connectivity index (χ1v) is 18.3. The van der Waals surface area contributed by atoms with E-state index in [0.29, 0.717) is 119 Å². The van der Waals surface area contributed by atoms with Crippen molar-refractivity contribution in [3.05, 3.63) is 30.3 Å². The van der Waals surface area contributed by atoms with Crippen molar-refractivity contribution < 1.29 is 60.0 Å². The monoisotopic (exact) mass is 696 g/mol. The largest absolute Gasteiger partial charge is 0.379 e. The maximum Gasteiger partial charge on any atom is 0.297 e. The normalized spacial score (nSPS) is 11.9. The minimum Gasteiger partial charge on any atom is -0.379 e. The van der Waals surface area contributed by atoms with Crippen LogP contribution in [0.1, 0.15) is 39.0 Å². The highest BCUT2D eigenvalue weighted by Crippen LogP contribution is 2.10. The number of hydrogen-bond acceptors (Lipinski definition) is 13. The zero-order chi connectivity index (χ0) is 33.8. The molecule has 0 bridgehead atoms. The second-order valence-electron chi connectivity index (χ2n) is 10.1. The van der Waals surface area contributed by atoms with E-state index in [4.69, 9.17) is 51.6 Å². The molecular formula is C33H60O13S. The van der Waals surface area contributed by atoms with Crippen molar-refractivity contribution in [3.8, 4) is 0 Å². The Morgan fingerprint density at radius 2 is 0.681 bits per heavy atom. The Bertz CT molecular complexity index is 861. The molecule has 14 heteroatoms. The van der Waals surface area contributed by atoms with Crippen LogP contribution in [0.2, 0.25) is 0 Å². The molecule has 0 saturated carbocycles. The maximum absolute atomic E-state index is 12.0. The fourth-order valence-electron chi connectivity index (χ4n) is 3.75. The molecule has 276 valence electrons. The molecule has 13 nitrogen and oxygen atoms in total. The summed E-state index contributed by atoms with van der Waals surface area (Å²) < 4.78 is 83.5. The predicted molar refractivity (Wildman–Crippen MR) is 177 cm³/mol. The third kappa shape index (κ3) is 30.5. The van der Waals surface area contributed by atoms with Gasteiger partial charge in [0.05, 0.1) is 137 Å². The Morgan fingerprint density at radius 3 is 1.02 bits per heavy atom. The van der Waals surface area contributed by atoms with Gasteiger partial charge in [0.15, 0.2) is 0 Å². The topological polar surface area (TPSA) is 136 Å². The minimum absolute atomic E-state index is 0.0558.